The zero-order valence-electron chi connectivity index (χ0n) is 16.5. The van der Waals surface area contributed by atoms with Crippen LogP contribution >= 0.6 is 0 Å². The van der Waals surface area contributed by atoms with E-state index in [1.54, 1.807) is 30.3 Å². The Morgan fingerprint density at radius 3 is 2.16 bits per heavy atom. The molecule has 31 heavy (non-hydrogen) atoms. The van der Waals surface area contributed by atoms with Crippen LogP contribution in [0.3, 0.4) is 0 Å². The molecule has 0 aliphatic carbocycles. The highest BCUT2D eigenvalue weighted by molar-refractivity contribution is 6.20. The average Bonchev–Trinajstić information content (AvgIpc) is 3.14. The molecule has 0 amide bonds. The van der Waals surface area contributed by atoms with Crippen molar-refractivity contribution in [1.82, 2.24) is 4.40 Å². The molecule has 158 valence electrons. The Morgan fingerprint density at radius 1 is 0.871 bits per heavy atom. The van der Waals surface area contributed by atoms with Gasteiger partial charge in [-0.25, -0.2) is 4.79 Å². The third kappa shape index (κ3) is 3.30. The lowest BCUT2D eigenvalue weighted by molar-refractivity contribution is -0.142. The Bertz CT molecular complexity index is 1320. The fourth-order valence-electron chi connectivity index (χ4n) is 3.70. The van der Waals surface area contributed by atoms with Crippen LogP contribution in [0.5, 0.6) is 5.75 Å². The van der Waals surface area contributed by atoms with Gasteiger partial charge in [-0.15, -0.1) is 0 Å². The number of esters is 1. The third-order valence-corrected chi connectivity index (χ3v) is 5.02. The zero-order chi connectivity index (χ0) is 22.3. The highest BCUT2D eigenvalue weighted by Crippen LogP contribution is 2.40. The molecule has 5 nitrogen and oxygen atoms in total. The molecule has 0 atom stereocenters. The summed E-state index contributed by atoms with van der Waals surface area (Å²) >= 11 is 0. The average molecular weight is 427 g/mol. The molecule has 2 heterocycles. The van der Waals surface area contributed by atoms with Crippen LogP contribution in [0.4, 0.5) is 13.2 Å². The van der Waals surface area contributed by atoms with Gasteiger partial charge < -0.3 is 13.9 Å². The molecule has 0 saturated heterocycles. The van der Waals surface area contributed by atoms with Crippen LogP contribution in [0.1, 0.15) is 32.0 Å². The number of aromatic nitrogens is 1. The molecule has 0 fully saturated rings. The third-order valence-electron chi connectivity index (χ3n) is 5.02. The van der Waals surface area contributed by atoms with Gasteiger partial charge in [0.15, 0.2) is 5.78 Å². The van der Waals surface area contributed by atoms with Crippen molar-refractivity contribution in [1.29, 1.82) is 0 Å². The van der Waals surface area contributed by atoms with Crippen molar-refractivity contribution in [3.05, 3.63) is 83.0 Å². The van der Waals surface area contributed by atoms with Gasteiger partial charge in [-0.05, 0) is 24.3 Å². The van der Waals surface area contributed by atoms with Crippen LogP contribution in [0.2, 0.25) is 0 Å². The lowest BCUT2D eigenvalue weighted by atomic mass is 9.99. The second-order valence-corrected chi connectivity index (χ2v) is 6.76. The number of benzene rings is 2. The number of nitrogens with zero attached hydrogens (tertiary/aromatic N) is 1. The first-order chi connectivity index (χ1) is 14.8. The number of pyridine rings is 1. The number of methoxy groups -OCH3 is 2. The summed E-state index contributed by atoms with van der Waals surface area (Å²) in [5, 5.41) is 0.447. The predicted molar refractivity (Wildman–Crippen MR) is 108 cm³/mol. The van der Waals surface area contributed by atoms with E-state index in [1.807, 2.05) is 0 Å². The summed E-state index contributed by atoms with van der Waals surface area (Å²) in [6.07, 6.45) is -4.93. The lowest BCUT2D eigenvalue weighted by Crippen LogP contribution is -2.17. The monoisotopic (exact) mass is 427 g/mol. The van der Waals surface area contributed by atoms with E-state index in [2.05, 4.69) is 4.74 Å². The molecule has 0 aliphatic heterocycles. The summed E-state index contributed by atoms with van der Waals surface area (Å²) in [5.74, 6) is -1.49. The summed E-state index contributed by atoms with van der Waals surface area (Å²) in [4.78, 5) is 25.8. The number of halogens is 3. The van der Waals surface area contributed by atoms with Crippen molar-refractivity contribution < 1.29 is 32.2 Å². The highest BCUT2D eigenvalue weighted by atomic mass is 19.4. The van der Waals surface area contributed by atoms with Crippen molar-refractivity contribution in [2.24, 2.45) is 0 Å². The minimum Gasteiger partial charge on any atom is -0.497 e. The first-order valence-electron chi connectivity index (χ1n) is 9.18. The molecule has 0 aliphatic rings. The van der Waals surface area contributed by atoms with Gasteiger partial charge in [0.2, 0.25) is 0 Å². The van der Waals surface area contributed by atoms with E-state index < -0.39 is 29.2 Å². The Kier molecular flexibility index (Phi) is 4.93. The Labute approximate surface area is 174 Å². The van der Waals surface area contributed by atoms with Crippen molar-refractivity contribution >= 4 is 28.2 Å². The van der Waals surface area contributed by atoms with Crippen LogP contribution in [0.15, 0.2) is 60.7 Å². The number of carbonyl (C=O) groups is 2. The van der Waals surface area contributed by atoms with E-state index in [-0.39, 0.29) is 22.2 Å². The van der Waals surface area contributed by atoms with Crippen LogP contribution < -0.4 is 4.74 Å². The molecular weight excluding hydrogens is 411 g/mol. The molecular formula is C23H16F3NO4. The van der Waals surface area contributed by atoms with Crippen molar-refractivity contribution in [2.45, 2.75) is 6.18 Å². The Hall–Kier alpha value is -3.81. The topological polar surface area (TPSA) is 57.0 Å². The van der Waals surface area contributed by atoms with Crippen LogP contribution in [-0.4, -0.2) is 30.4 Å². The van der Waals surface area contributed by atoms with Crippen molar-refractivity contribution in [3.8, 4) is 5.75 Å². The maximum atomic E-state index is 14.3. The Morgan fingerprint density at radius 2 is 1.55 bits per heavy atom. The Balaban J connectivity index is 2.20. The molecule has 2 aromatic carbocycles. The largest absolute Gasteiger partial charge is 0.497 e. The number of fused-ring (bicyclic) bond motifs is 3. The molecule has 0 radical (unpaired) electrons. The van der Waals surface area contributed by atoms with Gasteiger partial charge in [0.1, 0.15) is 17.0 Å². The second-order valence-electron chi connectivity index (χ2n) is 6.76. The first kappa shape index (κ1) is 20.5. The van der Waals surface area contributed by atoms with Gasteiger partial charge in [-0.1, -0.05) is 36.4 Å². The number of ketones is 1. The normalized spacial score (nSPS) is 11.6. The van der Waals surface area contributed by atoms with Gasteiger partial charge in [-0.3, -0.25) is 4.79 Å². The maximum Gasteiger partial charge on any atom is 0.432 e. The van der Waals surface area contributed by atoms with Gasteiger partial charge in [0.05, 0.1) is 30.8 Å². The molecule has 0 bridgehead atoms. The molecule has 0 N–H and O–H groups in total. The molecule has 8 heteroatoms. The van der Waals surface area contributed by atoms with Crippen molar-refractivity contribution in [3.63, 3.8) is 0 Å². The van der Waals surface area contributed by atoms with Gasteiger partial charge in [-0.2, -0.15) is 13.2 Å². The summed E-state index contributed by atoms with van der Waals surface area (Å²) in [7, 11) is 2.42. The molecule has 2 aromatic heterocycles. The lowest BCUT2D eigenvalue weighted by Gasteiger charge is -2.12. The van der Waals surface area contributed by atoms with Crippen LogP contribution in [-0.2, 0) is 10.9 Å². The SMILES string of the molecule is COC(=O)c1c(C(=O)c2ccccc2)c2ccc3cc(OC)ccc3n2c1C(F)(F)F. The molecule has 4 aromatic rings. The number of hydrogen-bond acceptors (Lipinski definition) is 4. The minimum atomic E-state index is -4.93. The molecule has 0 spiro atoms. The fraction of sp³-hybridized carbons (Fsp3) is 0.130. The molecule has 0 unspecified atom stereocenters. The van der Waals surface area contributed by atoms with E-state index in [9.17, 15) is 22.8 Å². The van der Waals surface area contributed by atoms with Crippen LogP contribution in [0.25, 0.3) is 16.4 Å². The van der Waals surface area contributed by atoms with E-state index in [4.69, 9.17) is 4.74 Å². The number of carbonyl (C=O) groups excluding carboxylic acids is 2. The fourth-order valence-corrected chi connectivity index (χ4v) is 3.70. The summed E-state index contributed by atoms with van der Waals surface area (Å²) in [6, 6.07) is 15.3. The second kappa shape index (κ2) is 7.46. The number of ether oxygens (including phenoxy) is 2. The smallest absolute Gasteiger partial charge is 0.432 e. The summed E-state index contributed by atoms with van der Waals surface area (Å²) in [6.45, 7) is 0. The van der Waals surface area contributed by atoms with Crippen LogP contribution in [0, 0.1) is 0 Å². The van der Waals surface area contributed by atoms with E-state index in [0.717, 1.165) is 11.5 Å². The molecule has 0 saturated carbocycles. The highest BCUT2D eigenvalue weighted by Gasteiger charge is 2.43. The van der Waals surface area contributed by atoms with Gasteiger partial charge in [0.25, 0.3) is 0 Å². The zero-order valence-corrected chi connectivity index (χ0v) is 16.5. The van der Waals surface area contributed by atoms with Crippen molar-refractivity contribution in [2.75, 3.05) is 14.2 Å². The minimum absolute atomic E-state index is 0.0424. The van der Waals surface area contributed by atoms with Gasteiger partial charge in [0, 0.05) is 10.9 Å². The van der Waals surface area contributed by atoms with E-state index in [0.29, 0.717) is 11.1 Å². The molecule has 4 rings (SSSR count). The number of alkyl halides is 3. The van der Waals surface area contributed by atoms with E-state index >= 15 is 0 Å². The predicted octanol–water partition coefficient (Wildman–Crippen LogP) is 5.14. The standard InChI is InChI=1S/C23H16F3NO4/c1-30-15-9-11-16-14(12-15)8-10-17-18(20(28)13-6-4-3-5-7-13)19(22(29)31-2)21(27(16)17)23(24,25)26/h3-12H,1-2H3. The summed E-state index contributed by atoms with van der Waals surface area (Å²) < 4.78 is 53.5. The van der Waals surface area contributed by atoms with E-state index in [1.165, 1.54) is 37.4 Å². The quantitative estimate of drug-likeness (QED) is 0.334. The first-order valence-corrected chi connectivity index (χ1v) is 9.18. The maximum absolute atomic E-state index is 14.3. The number of rotatable bonds is 4. The summed E-state index contributed by atoms with van der Waals surface area (Å²) in [5.41, 5.74) is -2.15. The number of hydrogen-bond donors (Lipinski definition) is 0. The van der Waals surface area contributed by atoms with Gasteiger partial charge >= 0.3 is 12.1 Å².